The second-order valence-electron chi connectivity index (χ2n) is 4.34. The number of fused-ring (bicyclic) bond motifs is 1. The molecule has 2 aromatic heterocycles. The minimum atomic E-state index is 0.585. The number of hydrogen-bond acceptors (Lipinski definition) is 3. The molecule has 4 heteroatoms. The molecule has 0 aliphatic carbocycles. The molecule has 1 aliphatic rings. The van der Waals surface area contributed by atoms with Gasteiger partial charge in [0.25, 0.3) is 0 Å². The van der Waals surface area contributed by atoms with Crippen molar-refractivity contribution in [2.45, 2.75) is 13.0 Å². The second-order valence-corrected chi connectivity index (χ2v) is 4.34. The third kappa shape index (κ3) is 1.33. The normalized spacial score (nSPS) is 18.3. The molecule has 0 atom stereocenters. The molecule has 0 spiro atoms. The number of rotatable bonds is 1. The van der Waals surface area contributed by atoms with E-state index in [2.05, 4.69) is 32.5 Å². The Hall–Kier alpha value is -1.42. The van der Waals surface area contributed by atoms with Crippen LogP contribution in [0.3, 0.4) is 0 Å². The van der Waals surface area contributed by atoms with E-state index in [9.17, 15) is 0 Å². The van der Waals surface area contributed by atoms with Gasteiger partial charge in [0.1, 0.15) is 5.52 Å². The third-order valence-electron chi connectivity index (χ3n) is 3.04. The van der Waals surface area contributed by atoms with Crippen LogP contribution in [0.2, 0.25) is 0 Å². The Labute approximate surface area is 88.6 Å². The predicted octanol–water partition coefficient (Wildman–Crippen LogP) is 1.23. The zero-order chi connectivity index (χ0) is 10.4. The summed E-state index contributed by atoms with van der Waals surface area (Å²) in [5.74, 6) is 0. The fraction of sp³-hybridized carbons (Fsp3) is 0.455. The smallest absolute Gasteiger partial charge is 0.107 e. The molecule has 0 saturated carbocycles. The number of aryl methyl sites for hydroxylation is 1. The molecule has 0 bridgehead atoms. The van der Waals surface area contributed by atoms with Crippen LogP contribution in [0.4, 0.5) is 0 Å². The summed E-state index contributed by atoms with van der Waals surface area (Å²) in [6.07, 6.45) is 3.78. The van der Waals surface area contributed by atoms with Gasteiger partial charge in [0.05, 0.1) is 24.1 Å². The van der Waals surface area contributed by atoms with Crippen molar-refractivity contribution in [3.8, 4) is 0 Å². The maximum atomic E-state index is 4.37. The number of nitrogens with zero attached hydrogens (tertiary/aromatic N) is 4. The standard InChI is InChI=1S/C11H14N4/c1-8-3-11-10(4-12-8)13-7-15(11)9-5-14(2)6-9/h3-4,7,9H,5-6H2,1-2H3. The van der Waals surface area contributed by atoms with Gasteiger partial charge in [-0.25, -0.2) is 4.98 Å². The van der Waals surface area contributed by atoms with E-state index >= 15 is 0 Å². The zero-order valence-corrected chi connectivity index (χ0v) is 9.01. The first-order chi connectivity index (χ1) is 7.24. The molecule has 0 N–H and O–H groups in total. The average molecular weight is 202 g/mol. The highest BCUT2D eigenvalue weighted by molar-refractivity contribution is 5.74. The van der Waals surface area contributed by atoms with Crippen molar-refractivity contribution < 1.29 is 0 Å². The van der Waals surface area contributed by atoms with E-state index < -0.39 is 0 Å². The molecule has 1 saturated heterocycles. The molecular formula is C11H14N4. The first-order valence-electron chi connectivity index (χ1n) is 5.22. The lowest BCUT2D eigenvalue weighted by Crippen LogP contribution is -2.44. The highest BCUT2D eigenvalue weighted by Gasteiger charge is 2.25. The van der Waals surface area contributed by atoms with Gasteiger partial charge in [0.15, 0.2) is 0 Å². The third-order valence-corrected chi connectivity index (χ3v) is 3.04. The van der Waals surface area contributed by atoms with Crippen LogP contribution >= 0.6 is 0 Å². The monoisotopic (exact) mass is 202 g/mol. The summed E-state index contributed by atoms with van der Waals surface area (Å²) < 4.78 is 2.27. The summed E-state index contributed by atoms with van der Waals surface area (Å²) >= 11 is 0. The Morgan fingerprint density at radius 3 is 2.87 bits per heavy atom. The van der Waals surface area contributed by atoms with Gasteiger partial charge in [-0.15, -0.1) is 0 Å². The first kappa shape index (κ1) is 8.85. The van der Waals surface area contributed by atoms with E-state index in [0.29, 0.717) is 6.04 Å². The van der Waals surface area contributed by atoms with Gasteiger partial charge in [0.2, 0.25) is 0 Å². The van der Waals surface area contributed by atoms with Gasteiger partial charge in [-0.05, 0) is 20.0 Å². The molecule has 15 heavy (non-hydrogen) atoms. The maximum absolute atomic E-state index is 4.37. The Morgan fingerprint density at radius 2 is 2.13 bits per heavy atom. The lowest BCUT2D eigenvalue weighted by Gasteiger charge is -2.37. The molecule has 78 valence electrons. The van der Waals surface area contributed by atoms with Crippen LogP contribution in [0.15, 0.2) is 18.6 Å². The summed E-state index contributed by atoms with van der Waals surface area (Å²) in [6, 6.07) is 2.70. The van der Waals surface area contributed by atoms with Crippen molar-refractivity contribution in [3.63, 3.8) is 0 Å². The second kappa shape index (κ2) is 3.03. The highest BCUT2D eigenvalue weighted by atomic mass is 15.3. The van der Waals surface area contributed by atoms with E-state index in [1.54, 1.807) is 0 Å². The van der Waals surface area contributed by atoms with Gasteiger partial charge >= 0.3 is 0 Å². The Morgan fingerprint density at radius 1 is 1.33 bits per heavy atom. The van der Waals surface area contributed by atoms with Crippen LogP contribution in [0, 0.1) is 6.92 Å². The molecule has 0 radical (unpaired) electrons. The Balaban J connectivity index is 2.07. The summed E-state index contributed by atoms with van der Waals surface area (Å²) in [5, 5.41) is 0. The quantitative estimate of drug-likeness (QED) is 0.697. The average Bonchev–Trinajstić information content (AvgIpc) is 2.56. The van der Waals surface area contributed by atoms with Crippen molar-refractivity contribution in [3.05, 3.63) is 24.3 Å². The summed E-state index contributed by atoms with van der Waals surface area (Å²) in [5.41, 5.74) is 3.26. The number of aromatic nitrogens is 3. The van der Waals surface area contributed by atoms with E-state index in [1.165, 1.54) is 5.52 Å². The fourth-order valence-corrected chi connectivity index (χ4v) is 2.16. The van der Waals surface area contributed by atoms with Crippen LogP contribution in [0.1, 0.15) is 11.7 Å². The van der Waals surface area contributed by atoms with Crippen LogP contribution in [0.5, 0.6) is 0 Å². The molecule has 1 aliphatic heterocycles. The molecule has 2 aromatic rings. The molecule has 3 rings (SSSR count). The van der Waals surface area contributed by atoms with Crippen molar-refractivity contribution in [2.75, 3.05) is 20.1 Å². The number of likely N-dealkylation sites (N-methyl/N-ethyl adjacent to an activating group) is 1. The molecule has 0 amide bonds. The van der Waals surface area contributed by atoms with Crippen LogP contribution in [0.25, 0.3) is 11.0 Å². The predicted molar refractivity (Wildman–Crippen MR) is 58.8 cm³/mol. The first-order valence-corrected chi connectivity index (χ1v) is 5.22. The zero-order valence-electron chi connectivity index (χ0n) is 9.01. The Bertz CT molecular complexity index is 496. The van der Waals surface area contributed by atoms with Crippen molar-refractivity contribution in [1.82, 2.24) is 19.4 Å². The maximum Gasteiger partial charge on any atom is 0.107 e. The summed E-state index contributed by atoms with van der Waals surface area (Å²) in [7, 11) is 2.14. The minimum absolute atomic E-state index is 0.585. The molecule has 0 aromatic carbocycles. The molecule has 1 fully saturated rings. The van der Waals surface area contributed by atoms with Crippen molar-refractivity contribution in [1.29, 1.82) is 0 Å². The summed E-state index contributed by atoms with van der Waals surface area (Å²) in [6.45, 7) is 4.25. The topological polar surface area (TPSA) is 34.0 Å². The number of likely N-dealkylation sites (tertiary alicyclic amines) is 1. The van der Waals surface area contributed by atoms with E-state index in [-0.39, 0.29) is 0 Å². The summed E-state index contributed by atoms with van der Waals surface area (Å²) in [4.78, 5) is 10.9. The molecule has 0 unspecified atom stereocenters. The molecular weight excluding hydrogens is 188 g/mol. The molecule has 3 heterocycles. The lowest BCUT2D eigenvalue weighted by molar-refractivity contribution is 0.143. The number of imidazole rings is 1. The largest absolute Gasteiger partial charge is 0.325 e. The van der Waals surface area contributed by atoms with Gasteiger partial charge in [-0.3, -0.25) is 4.98 Å². The van der Waals surface area contributed by atoms with Gasteiger partial charge in [0, 0.05) is 18.8 Å². The lowest BCUT2D eigenvalue weighted by atomic mass is 10.1. The SMILES string of the molecule is Cc1cc2c(cn1)ncn2C1CN(C)C1. The number of pyridine rings is 1. The van der Waals surface area contributed by atoms with Crippen LogP contribution in [-0.2, 0) is 0 Å². The van der Waals surface area contributed by atoms with Crippen LogP contribution < -0.4 is 0 Å². The van der Waals surface area contributed by atoms with Gasteiger partial charge in [-0.2, -0.15) is 0 Å². The fourth-order valence-electron chi connectivity index (χ4n) is 2.16. The van der Waals surface area contributed by atoms with E-state index in [1.807, 2.05) is 19.4 Å². The van der Waals surface area contributed by atoms with Crippen molar-refractivity contribution in [2.24, 2.45) is 0 Å². The van der Waals surface area contributed by atoms with Crippen LogP contribution in [-0.4, -0.2) is 39.6 Å². The Kier molecular flexibility index (Phi) is 1.79. The number of hydrogen-bond donors (Lipinski definition) is 0. The van der Waals surface area contributed by atoms with E-state index in [0.717, 1.165) is 24.3 Å². The van der Waals surface area contributed by atoms with E-state index in [4.69, 9.17) is 0 Å². The minimum Gasteiger partial charge on any atom is -0.325 e. The van der Waals surface area contributed by atoms with Gasteiger partial charge < -0.3 is 9.47 Å². The molecule has 4 nitrogen and oxygen atoms in total. The van der Waals surface area contributed by atoms with Gasteiger partial charge in [-0.1, -0.05) is 0 Å². The highest BCUT2D eigenvalue weighted by Crippen LogP contribution is 2.24. The van der Waals surface area contributed by atoms with Crippen molar-refractivity contribution >= 4 is 11.0 Å².